The third kappa shape index (κ3) is 3.35. The highest BCUT2D eigenvalue weighted by Gasteiger charge is 2.50. The van der Waals surface area contributed by atoms with E-state index in [0.29, 0.717) is 19.4 Å². The maximum absolute atomic E-state index is 11.9. The van der Waals surface area contributed by atoms with Crippen LogP contribution in [0.4, 0.5) is 4.79 Å². The van der Waals surface area contributed by atoms with Crippen LogP contribution in [0.5, 0.6) is 0 Å². The smallest absolute Gasteiger partial charge is 0.317 e. The summed E-state index contributed by atoms with van der Waals surface area (Å²) < 4.78 is 0. The van der Waals surface area contributed by atoms with Crippen molar-refractivity contribution in [3.8, 4) is 0 Å². The summed E-state index contributed by atoms with van der Waals surface area (Å²) in [5, 5.41) is 11.7. The van der Waals surface area contributed by atoms with Crippen molar-refractivity contribution in [2.45, 2.75) is 46.1 Å². The van der Waals surface area contributed by atoms with Crippen LogP contribution >= 0.6 is 0 Å². The van der Waals surface area contributed by atoms with Crippen molar-refractivity contribution in [2.75, 3.05) is 13.1 Å². The zero-order valence-electron chi connectivity index (χ0n) is 10.8. The number of rotatable bonds is 6. The molecule has 2 amide bonds. The number of hydrogen-bond acceptors (Lipinski definition) is 2. The lowest BCUT2D eigenvalue weighted by molar-refractivity contribution is -0.143. The first kappa shape index (κ1) is 13.8. The summed E-state index contributed by atoms with van der Waals surface area (Å²) in [6.07, 6.45) is 2.23. The van der Waals surface area contributed by atoms with Crippen molar-refractivity contribution in [2.24, 2.45) is 5.41 Å². The molecule has 0 heterocycles. The molecule has 0 atom stereocenters. The van der Waals surface area contributed by atoms with Crippen LogP contribution < -0.4 is 5.32 Å². The van der Waals surface area contributed by atoms with Crippen molar-refractivity contribution >= 4 is 12.0 Å². The molecular formula is C12H22N2O3. The van der Waals surface area contributed by atoms with Crippen molar-refractivity contribution in [1.29, 1.82) is 0 Å². The summed E-state index contributed by atoms with van der Waals surface area (Å²) in [5.74, 6) is -0.801. The Morgan fingerprint density at radius 1 is 1.41 bits per heavy atom. The molecule has 0 aliphatic heterocycles. The van der Waals surface area contributed by atoms with Gasteiger partial charge >= 0.3 is 12.0 Å². The number of nitrogens with zero attached hydrogens (tertiary/aromatic N) is 1. The van der Waals surface area contributed by atoms with Crippen LogP contribution in [0, 0.1) is 5.41 Å². The molecule has 0 spiro atoms. The van der Waals surface area contributed by atoms with Gasteiger partial charge in [0.15, 0.2) is 0 Å². The molecule has 0 aromatic carbocycles. The van der Waals surface area contributed by atoms with E-state index in [1.54, 1.807) is 4.90 Å². The minimum absolute atomic E-state index is 0.134. The summed E-state index contributed by atoms with van der Waals surface area (Å²) in [4.78, 5) is 24.6. The maximum Gasteiger partial charge on any atom is 0.317 e. The number of carboxylic acid groups (broad SMARTS) is 1. The number of urea groups is 1. The fraction of sp³-hybridized carbons (Fsp3) is 0.833. The molecule has 0 aromatic rings. The second-order valence-corrected chi connectivity index (χ2v) is 5.03. The minimum Gasteiger partial charge on any atom is -0.481 e. The number of amides is 2. The van der Waals surface area contributed by atoms with Gasteiger partial charge in [-0.25, -0.2) is 4.79 Å². The summed E-state index contributed by atoms with van der Waals surface area (Å²) in [6.45, 7) is 6.87. The third-order valence-electron chi connectivity index (χ3n) is 3.23. The van der Waals surface area contributed by atoms with Crippen molar-refractivity contribution in [3.05, 3.63) is 0 Å². The molecule has 0 saturated heterocycles. The highest BCUT2D eigenvalue weighted by molar-refractivity contribution is 5.80. The van der Waals surface area contributed by atoms with Gasteiger partial charge in [0.25, 0.3) is 0 Å². The van der Waals surface area contributed by atoms with Crippen LogP contribution in [0.1, 0.15) is 40.0 Å². The predicted molar refractivity (Wildman–Crippen MR) is 64.8 cm³/mol. The normalized spacial score (nSPS) is 16.7. The number of carboxylic acids is 1. The maximum atomic E-state index is 11.9. The zero-order valence-corrected chi connectivity index (χ0v) is 10.8. The molecule has 5 nitrogen and oxygen atoms in total. The number of aliphatic carboxylic acids is 1. The Balaban J connectivity index is 2.45. The van der Waals surface area contributed by atoms with Crippen molar-refractivity contribution in [1.82, 2.24) is 10.2 Å². The van der Waals surface area contributed by atoms with Gasteiger partial charge in [0, 0.05) is 19.1 Å². The Hall–Kier alpha value is -1.26. The molecule has 2 N–H and O–H groups in total. The topological polar surface area (TPSA) is 69.6 Å². The van der Waals surface area contributed by atoms with Crippen molar-refractivity contribution < 1.29 is 14.7 Å². The van der Waals surface area contributed by atoms with E-state index < -0.39 is 11.4 Å². The average Bonchev–Trinajstić information content (AvgIpc) is 3.03. The Kier molecular flexibility index (Phi) is 4.37. The van der Waals surface area contributed by atoms with Gasteiger partial charge < -0.3 is 15.3 Å². The van der Waals surface area contributed by atoms with Gasteiger partial charge in [-0.2, -0.15) is 0 Å². The number of hydrogen-bond donors (Lipinski definition) is 2. The average molecular weight is 242 g/mol. The molecular weight excluding hydrogens is 220 g/mol. The van der Waals surface area contributed by atoms with Crippen LogP contribution in [0.25, 0.3) is 0 Å². The third-order valence-corrected chi connectivity index (χ3v) is 3.23. The summed E-state index contributed by atoms with van der Waals surface area (Å²) in [5.41, 5.74) is -0.690. The standard InChI is InChI=1S/C12H22N2O3/c1-4-7-14(9(2)3)11(17)13-8-12(5-6-12)10(15)16/h9H,4-8H2,1-3H3,(H,13,17)(H,15,16). The summed E-state index contributed by atoms with van der Waals surface area (Å²) in [6, 6.07) is -0.0238. The van der Waals surface area contributed by atoms with Crippen LogP contribution in [0.3, 0.4) is 0 Å². The quantitative estimate of drug-likeness (QED) is 0.744. The van der Waals surface area contributed by atoms with E-state index in [2.05, 4.69) is 5.32 Å². The SMILES string of the molecule is CCCN(C(=O)NCC1(C(=O)O)CC1)C(C)C. The van der Waals surface area contributed by atoms with Crippen LogP contribution in [-0.4, -0.2) is 41.1 Å². The fourth-order valence-electron chi connectivity index (χ4n) is 1.80. The summed E-state index contributed by atoms with van der Waals surface area (Å²) in [7, 11) is 0. The Morgan fingerprint density at radius 3 is 2.35 bits per heavy atom. The minimum atomic E-state index is -0.801. The molecule has 1 rings (SSSR count). The molecule has 98 valence electrons. The number of carbonyl (C=O) groups excluding carboxylic acids is 1. The van der Waals surface area contributed by atoms with Gasteiger partial charge in [-0.3, -0.25) is 4.79 Å². The Bertz CT molecular complexity index is 298. The largest absolute Gasteiger partial charge is 0.481 e. The molecule has 0 radical (unpaired) electrons. The van der Waals surface area contributed by atoms with Gasteiger partial charge in [0.1, 0.15) is 0 Å². The first-order valence-electron chi connectivity index (χ1n) is 6.21. The molecule has 1 aliphatic carbocycles. The van der Waals surface area contributed by atoms with Gasteiger partial charge in [-0.05, 0) is 33.1 Å². The molecule has 1 fully saturated rings. The molecule has 17 heavy (non-hydrogen) atoms. The van der Waals surface area contributed by atoms with Gasteiger partial charge in [-0.1, -0.05) is 6.92 Å². The lowest BCUT2D eigenvalue weighted by Gasteiger charge is -2.27. The van der Waals surface area contributed by atoms with Gasteiger partial charge in [0.2, 0.25) is 0 Å². The summed E-state index contributed by atoms with van der Waals surface area (Å²) >= 11 is 0. The monoisotopic (exact) mass is 242 g/mol. The van der Waals surface area contributed by atoms with Gasteiger partial charge in [0.05, 0.1) is 5.41 Å². The molecule has 5 heteroatoms. The predicted octanol–water partition coefficient (Wildman–Crippen LogP) is 1.68. The first-order valence-corrected chi connectivity index (χ1v) is 6.21. The molecule has 0 aromatic heterocycles. The lowest BCUT2D eigenvalue weighted by Crippen LogP contribution is -2.46. The van der Waals surface area contributed by atoms with E-state index in [1.807, 2.05) is 20.8 Å². The number of carbonyl (C=O) groups is 2. The van der Waals surface area contributed by atoms with Gasteiger partial charge in [-0.15, -0.1) is 0 Å². The van der Waals surface area contributed by atoms with E-state index in [4.69, 9.17) is 5.11 Å². The highest BCUT2D eigenvalue weighted by atomic mass is 16.4. The molecule has 0 bridgehead atoms. The molecule has 1 saturated carbocycles. The fourth-order valence-corrected chi connectivity index (χ4v) is 1.80. The second-order valence-electron chi connectivity index (χ2n) is 5.03. The van der Waals surface area contributed by atoms with E-state index in [-0.39, 0.29) is 18.6 Å². The Labute approximate surface area is 102 Å². The zero-order chi connectivity index (χ0) is 13.1. The van der Waals surface area contributed by atoms with Crippen LogP contribution in [-0.2, 0) is 4.79 Å². The molecule has 1 aliphatic rings. The van der Waals surface area contributed by atoms with E-state index >= 15 is 0 Å². The molecule has 0 unspecified atom stereocenters. The van der Waals surface area contributed by atoms with E-state index in [1.165, 1.54) is 0 Å². The first-order chi connectivity index (χ1) is 7.93. The van der Waals surface area contributed by atoms with Crippen LogP contribution in [0.15, 0.2) is 0 Å². The van der Waals surface area contributed by atoms with Crippen molar-refractivity contribution in [3.63, 3.8) is 0 Å². The van der Waals surface area contributed by atoms with E-state index in [0.717, 1.165) is 6.42 Å². The highest BCUT2D eigenvalue weighted by Crippen LogP contribution is 2.45. The number of nitrogens with one attached hydrogen (secondary N) is 1. The van der Waals surface area contributed by atoms with Crippen LogP contribution in [0.2, 0.25) is 0 Å². The second kappa shape index (κ2) is 5.38. The van der Waals surface area contributed by atoms with E-state index in [9.17, 15) is 9.59 Å². The Morgan fingerprint density at radius 2 is 2.00 bits per heavy atom. The lowest BCUT2D eigenvalue weighted by atomic mass is 10.1.